The van der Waals surface area contributed by atoms with Crippen molar-refractivity contribution in [1.82, 2.24) is 0 Å². The third-order valence-corrected chi connectivity index (χ3v) is 2.81. The lowest BCUT2D eigenvalue weighted by atomic mass is 10.0. The van der Waals surface area contributed by atoms with Crippen molar-refractivity contribution in [1.29, 1.82) is 0 Å². The van der Waals surface area contributed by atoms with Gasteiger partial charge in [-0.15, -0.1) is 0 Å². The maximum Gasteiger partial charge on any atom is 0.270 e. The Morgan fingerprint density at radius 3 is 3.00 bits per heavy atom. The normalized spacial score (nSPS) is 31.1. The lowest BCUT2D eigenvalue weighted by Crippen LogP contribution is -2.23. The largest absolute Gasteiger partial charge is 0.487 e. The first kappa shape index (κ1) is 8.67. The highest BCUT2D eigenvalue weighted by atomic mass is 16.6. The summed E-state index contributed by atoms with van der Waals surface area (Å²) in [6.45, 7) is 1.94. The molecule has 0 aromatic heterocycles. The predicted octanol–water partition coefficient (Wildman–Crippen LogP) is 1.82. The van der Waals surface area contributed by atoms with E-state index in [1.807, 2.05) is 6.92 Å². The van der Waals surface area contributed by atoms with Gasteiger partial charge < -0.3 is 9.47 Å². The Labute approximate surface area is 85.8 Å². The lowest BCUT2D eigenvalue weighted by Gasteiger charge is -2.19. The lowest BCUT2D eigenvalue weighted by molar-refractivity contribution is -0.385. The number of hydrogen-bond donors (Lipinski definition) is 0. The molecule has 1 saturated heterocycles. The minimum atomic E-state index is -0.407. The van der Waals surface area contributed by atoms with Crippen LogP contribution in [0.5, 0.6) is 5.75 Å². The van der Waals surface area contributed by atoms with Crippen molar-refractivity contribution in [2.45, 2.75) is 25.2 Å². The molecule has 0 aliphatic carbocycles. The van der Waals surface area contributed by atoms with E-state index >= 15 is 0 Å². The van der Waals surface area contributed by atoms with Gasteiger partial charge in [-0.2, -0.15) is 0 Å². The second kappa shape index (κ2) is 2.70. The molecule has 0 N–H and O–H groups in total. The number of nitro benzene ring substituents is 1. The van der Waals surface area contributed by atoms with Crippen molar-refractivity contribution < 1.29 is 14.4 Å². The first-order chi connectivity index (χ1) is 7.16. The van der Waals surface area contributed by atoms with Gasteiger partial charge in [-0.05, 0) is 13.0 Å². The smallest absolute Gasteiger partial charge is 0.270 e. The maximum atomic E-state index is 10.6. The topological polar surface area (TPSA) is 64.9 Å². The third kappa shape index (κ3) is 1.20. The Hall–Kier alpha value is -1.62. The summed E-state index contributed by atoms with van der Waals surface area (Å²) in [7, 11) is 0. The molecule has 5 heteroatoms. The molecule has 1 fully saturated rings. The molecule has 1 aromatic rings. The van der Waals surface area contributed by atoms with Crippen LogP contribution in [-0.4, -0.2) is 17.1 Å². The van der Waals surface area contributed by atoms with E-state index in [1.54, 1.807) is 6.07 Å². The van der Waals surface area contributed by atoms with Crippen LogP contribution < -0.4 is 4.74 Å². The second-order valence-corrected chi connectivity index (χ2v) is 3.82. The number of epoxide rings is 1. The van der Waals surface area contributed by atoms with Crippen LogP contribution in [0.15, 0.2) is 18.2 Å². The average Bonchev–Trinajstić information content (AvgIpc) is 2.97. The Kier molecular flexibility index (Phi) is 1.56. The van der Waals surface area contributed by atoms with Gasteiger partial charge in [-0.3, -0.25) is 10.1 Å². The van der Waals surface area contributed by atoms with Crippen LogP contribution in [-0.2, 0) is 4.74 Å². The van der Waals surface area contributed by atoms with E-state index in [9.17, 15) is 10.1 Å². The highest BCUT2D eigenvalue weighted by Crippen LogP contribution is 2.50. The molecule has 0 radical (unpaired) electrons. The SMILES string of the molecule is C[C@@H]1Oc2ccc([N+](=O)[O-])cc2[C@@H]2O[C@H]12. The number of nitro groups is 1. The van der Waals surface area contributed by atoms with Gasteiger partial charge in [0.05, 0.1) is 4.92 Å². The predicted molar refractivity (Wildman–Crippen MR) is 50.8 cm³/mol. The minimum absolute atomic E-state index is 0.0105. The molecule has 0 unspecified atom stereocenters. The fraction of sp³-hybridized carbons (Fsp3) is 0.400. The fourth-order valence-electron chi connectivity index (χ4n) is 1.98. The van der Waals surface area contributed by atoms with E-state index in [-0.39, 0.29) is 24.0 Å². The number of rotatable bonds is 1. The number of non-ortho nitro benzene ring substituents is 1. The first-order valence-electron chi connectivity index (χ1n) is 4.77. The van der Waals surface area contributed by atoms with Gasteiger partial charge >= 0.3 is 0 Å². The highest BCUT2D eigenvalue weighted by Gasteiger charge is 2.50. The molecule has 5 nitrogen and oxygen atoms in total. The fourth-order valence-corrected chi connectivity index (χ4v) is 1.98. The van der Waals surface area contributed by atoms with Crippen LogP contribution in [0.4, 0.5) is 5.69 Å². The zero-order valence-corrected chi connectivity index (χ0v) is 8.04. The summed E-state index contributed by atoms with van der Waals surface area (Å²) in [6.07, 6.45) is 0.0899. The van der Waals surface area contributed by atoms with Gasteiger partial charge in [0.25, 0.3) is 5.69 Å². The quantitative estimate of drug-likeness (QED) is 0.400. The van der Waals surface area contributed by atoms with Crippen LogP contribution >= 0.6 is 0 Å². The molecule has 3 atom stereocenters. The minimum Gasteiger partial charge on any atom is -0.487 e. The number of nitrogens with zero attached hydrogens (tertiary/aromatic N) is 1. The van der Waals surface area contributed by atoms with Gasteiger partial charge in [-0.1, -0.05) is 0 Å². The Morgan fingerprint density at radius 1 is 1.47 bits per heavy atom. The van der Waals surface area contributed by atoms with Gasteiger partial charge in [0.1, 0.15) is 24.1 Å². The van der Waals surface area contributed by atoms with Crippen LogP contribution in [0, 0.1) is 10.1 Å². The Balaban J connectivity index is 2.06. The van der Waals surface area contributed by atoms with E-state index in [2.05, 4.69) is 0 Å². The van der Waals surface area contributed by atoms with Crippen LogP contribution in [0.1, 0.15) is 18.6 Å². The van der Waals surface area contributed by atoms with Crippen LogP contribution in [0.2, 0.25) is 0 Å². The summed E-state index contributed by atoms with van der Waals surface area (Å²) in [5.41, 5.74) is 0.883. The first-order valence-corrected chi connectivity index (χ1v) is 4.77. The molecular weight excluding hydrogens is 198 g/mol. The Bertz CT molecular complexity index is 445. The zero-order valence-electron chi connectivity index (χ0n) is 8.04. The Morgan fingerprint density at radius 2 is 2.27 bits per heavy atom. The average molecular weight is 207 g/mol. The highest BCUT2D eigenvalue weighted by molar-refractivity contribution is 5.48. The van der Waals surface area contributed by atoms with E-state index in [0.717, 1.165) is 5.56 Å². The molecule has 78 valence electrons. The zero-order chi connectivity index (χ0) is 10.6. The van der Waals surface area contributed by atoms with Crippen molar-refractivity contribution in [2.24, 2.45) is 0 Å². The molecule has 3 rings (SSSR count). The van der Waals surface area contributed by atoms with Gasteiger partial charge in [-0.25, -0.2) is 0 Å². The van der Waals surface area contributed by atoms with Crippen molar-refractivity contribution in [3.8, 4) is 5.75 Å². The van der Waals surface area contributed by atoms with Crippen molar-refractivity contribution in [2.75, 3.05) is 0 Å². The van der Waals surface area contributed by atoms with E-state index in [4.69, 9.17) is 9.47 Å². The number of hydrogen-bond acceptors (Lipinski definition) is 4. The molecule has 0 bridgehead atoms. The summed E-state index contributed by atoms with van der Waals surface area (Å²) >= 11 is 0. The number of fused-ring (bicyclic) bond motifs is 3. The summed E-state index contributed by atoms with van der Waals surface area (Å²) in [5, 5.41) is 10.6. The molecule has 0 saturated carbocycles. The van der Waals surface area contributed by atoms with Crippen molar-refractivity contribution in [3.05, 3.63) is 33.9 Å². The maximum absolute atomic E-state index is 10.6. The molecule has 0 amide bonds. The van der Waals surface area contributed by atoms with E-state index in [1.165, 1.54) is 12.1 Å². The summed E-state index contributed by atoms with van der Waals surface area (Å²) in [6, 6.07) is 4.63. The number of benzene rings is 1. The van der Waals surface area contributed by atoms with Crippen LogP contribution in [0.3, 0.4) is 0 Å². The van der Waals surface area contributed by atoms with Crippen molar-refractivity contribution >= 4 is 5.69 Å². The molecule has 0 spiro atoms. The second-order valence-electron chi connectivity index (χ2n) is 3.82. The van der Waals surface area contributed by atoms with Gasteiger partial charge in [0.2, 0.25) is 0 Å². The standard InChI is InChI=1S/C10H9NO4/c1-5-9-10(15-9)7-4-6(11(12)13)2-3-8(7)14-5/h2-5,9-10H,1H3/t5-,9+,10-/m0/s1. The van der Waals surface area contributed by atoms with Crippen molar-refractivity contribution in [3.63, 3.8) is 0 Å². The third-order valence-electron chi connectivity index (χ3n) is 2.81. The number of ether oxygens (including phenoxy) is 2. The van der Waals surface area contributed by atoms with E-state index < -0.39 is 4.92 Å². The van der Waals surface area contributed by atoms with Crippen LogP contribution in [0.25, 0.3) is 0 Å². The summed E-state index contributed by atoms with van der Waals surface area (Å²) < 4.78 is 11.0. The molecule has 15 heavy (non-hydrogen) atoms. The molecule has 1 aromatic carbocycles. The van der Waals surface area contributed by atoms with Gasteiger partial charge in [0, 0.05) is 17.7 Å². The molecule has 2 heterocycles. The summed E-state index contributed by atoms with van der Waals surface area (Å²) in [5.74, 6) is 0.701. The van der Waals surface area contributed by atoms with Gasteiger partial charge in [0.15, 0.2) is 0 Å². The monoisotopic (exact) mass is 207 g/mol. The molecular formula is C10H9NO4. The van der Waals surface area contributed by atoms with E-state index in [0.29, 0.717) is 5.75 Å². The molecule has 2 aliphatic heterocycles. The summed E-state index contributed by atoms with van der Waals surface area (Å²) in [4.78, 5) is 10.2. The molecule has 2 aliphatic rings.